The molecule has 0 aliphatic heterocycles. The summed E-state index contributed by atoms with van der Waals surface area (Å²) in [6.45, 7) is 0. The largest absolute Gasteiger partial charge is 0.378 e. The predicted octanol–water partition coefficient (Wildman–Crippen LogP) is 3.45. The Bertz CT molecular complexity index is 618. The van der Waals surface area contributed by atoms with E-state index in [2.05, 4.69) is 20.1 Å². The molecule has 1 fully saturated rings. The molecule has 0 saturated heterocycles. The lowest BCUT2D eigenvalue weighted by Crippen LogP contribution is -2.23. The van der Waals surface area contributed by atoms with E-state index in [9.17, 15) is 0 Å². The van der Waals surface area contributed by atoms with Crippen molar-refractivity contribution in [3.8, 4) is 6.07 Å². The fourth-order valence-corrected chi connectivity index (χ4v) is 3.19. The van der Waals surface area contributed by atoms with Crippen LogP contribution in [0.1, 0.15) is 19.3 Å². The lowest BCUT2D eigenvalue weighted by molar-refractivity contribution is 0.630. The van der Waals surface area contributed by atoms with Crippen LogP contribution in [0.25, 0.3) is 11.0 Å². The number of aromatic nitrogens is 2. The molecular formula is C12H11ClN4S. The van der Waals surface area contributed by atoms with Crippen molar-refractivity contribution in [3.63, 3.8) is 0 Å². The molecule has 0 bridgehead atoms. The topological polar surface area (TPSA) is 61.6 Å². The zero-order chi connectivity index (χ0) is 12.5. The molecule has 1 N–H and O–H groups in total. The van der Waals surface area contributed by atoms with Gasteiger partial charge in [-0.3, -0.25) is 0 Å². The van der Waals surface area contributed by atoms with Gasteiger partial charge in [-0.15, -0.1) is 0 Å². The highest BCUT2D eigenvalue weighted by molar-refractivity contribution is 7.00. The van der Waals surface area contributed by atoms with E-state index in [1.807, 2.05) is 12.1 Å². The van der Waals surface area contributed by atoms with Crippen LogP contribution < -0.4 is 5.32 Å². The third-order valence-electron chi connectivity index (χ3n) is 3.39. The van der Waals surface area contributed by atoms with Crippen LogP contribution in [0, 0.1) is 17.2 Å². The molecule has 0 spiro atoms. The number of nitriles is 1. The number of hydrogen-bond acceptors (Lipinski definition) is 5. The van der Waals surface area contributed by atoms with Crippen LogP contribution in [0.4, 0.5) is 5.69 Å². The Morgan fingerprint density at radius 3 is 3.11 bits per heavy atom. The second-order valence-corrected chi connectivity index (χ2v) is 5.41. The average molecular weight is 279 g/mol. The standard InChI is InChI=1S/C12H11ClN4S/c13-8-4-5-10-12(17-18-16-10)11(8)15-9-3-1-2-7(9)6-14/h4-5,7,9,15H,1-3H2. The summed E-state index contributed by atoms with van der Waals surface area (Å²) in [5, 5.41) is 13.1. The number of rotatable bonds is 2. The summed E-state index contributed by atoms with van der Waals surface area (Å²) in [5.74, 6) is 0.0583. The molecule has 92 valence electrons. The minimum absolute atomic E-state index is 0.0583. The quantitative estimate of drug-likeness (QED) is 0.914. The number of hydrogen-bond donors (Lipinski definition) is 1. The van der Waals surface area contributed by atoms with Crippen molar-refractivity contribution in [2.75, 3.05) is 5.32 Å². The fourth-order valence-electron chi connectivity index (χ4n) is 2.44. The van der Waals surface area contributed by atoms with Gasteiger partial charge < -0.3 is 5.32 Å². The van der Waals surface area contributed by atoms with E-state index in [1.54, 1.807) is 0 Å². The molecule has 0 amide bonds. The van der Waals surface area contributed by atoms with Crippen molar-refractivity contribution in [1.82, 2.24) is 8.75 Å². The van der Waals surface area contributed by atoms with Gasteiger partial charge in [-0.2, -0.15) is 14.0 Å². The Hall–Kier alpha value is -1.38. The molecule has 4 nitrogen and oxygen atoms in total. The van der Waals surface area contributed by atoms with Gasteiger partial charge in [0.25, 0.3) is 0 Å². The van der Waals surface area contributed by atoms with Crippen LogP contribution in [-0.4, -0.2) is 14.8 Å². The predicted molar refractivity (Wildman–Crippen MR) is 72.8 cm³/mol. The summed E-state index contributed by atoms with van der Waals surface area (Å²) in [6, 6.07) is 6.21. The van der Waals surface area contributed by atoms with Gasteiger partial charge in [0.2, 0.25) is 0 Å². The van der Waals surface area contributed by atoms with E-state index in [0.29, 0.717) is 5.02 Å². The highest BCUT2D eigenvalue weighted by Gasteiger charge is 2.28. The molecule has 18 heavy (non-hydrogen) atoms. The molecule has 6 heteroatoms. The van der Waals surface area contributed by atoms with Crippen LogP contribution in [0.5, 0.6) is 0 Å². The monoisotopic (exact) mass is 278 g/mol. The molecule has 2 aromatic rings. The van der Waals surface area contributed by atoms with E-state index in [0.717, 1.165) is 36.0 Å². The van der Waals surface area contributed by atoms with Gasteiger partial charge in [0, 0.05) is 6.04 Å². The van der Waals surface area contributed by atoms with E-state index >= 15 is 0 Å². The number of nitrogens with zero attached hydrogens (tertiary/aromatic N) is 3. The van der Waals surface area contributed by atoms with Gasteiger partial charge in [-0.1, -0.05) is 11.6 Å². The van der Waals surface area contributed by atoms with Crippen molar-refractivity contribution in [2.45, 2.75) is 25.3 Å². The third-order valence-corrected chi connectivity index (χ3v) is 4.25. The van der Waals surface area contributed by atoms with E-state index in [4.69, 9.17) is 16.9 Å². The molecular weight excluding hydrogens is 268 g/mol. The first-order valence-corrected chi connectivity index (χ1v) is 6.97. The Morgan fingerprint density at radius 1 is 1.39 bits per heavy atom. The average Bonchev–Trinajstić information content (AvgIpc) is 3.01. The molecule has 1 aromatic carbocycles. The highest BCUT2D eigenvalue weighted by atomic mass is 35.5. The minimum Gasteiger partial charge on any atom is -0.378 e. The molecule has 1 saturated carbocycles. The zero-order valence-electron chi connectivity index (χ0n) is 9.56. The maximum atomic E-state index is 9.11. The fraction of sp³-hybridized carbons (Fsp3) is 0.417. The van der Waals surface area contributed by atoms with Crippen molar-refractivity contribution in [1.29, 1.82) is 5.26 Å². The van der Waals surface area contributed by atoms with Crippen LogP contribution in [0.2, 0.25) is 5.02 Å². The molecule has 0 radical (unpaired) electrons. The van der Waals surface area contributed by atoms with E-state index in [1.165, 1.54) is 11.7 Å². The summed E-state index contributed by atoms with van der Waals surface area (Å²) in [7, 11) is 0. The third kappa shape index (κ3) is 1.92. The second-order valence-electron chi connectivity index (χ2n) is 4.47. The van der Waals surface area contributed by atoms with E-state index in [-0.39, 0.29) is 12.0 Å². The maximum Gasteiger partial charge on any atom is 0.129 e. The van der Waals surface area contributed by atoms with Crippen LogP contribution in [0.3, 0.4) is 0 Å². The lowest BCUT2D eigenvalue weighted by Gasteiger charge is -2.18. The molecule has 1 heterocycles. The summed E-state index contributed by atoms with van der Waals surface area (Å²) in [6.07, 6.45) is 3.04. The van der Waals surface area contributed by atoms with Crippen molar-refractivity contribution >= 4 is 40.0 Å². The van der Waals surface area contributed by atoms with Gasteiger partial charge in [-0.05, 0) is 31.4 Å². The second kappa shape index (κ2) is 4.71. The maximum absolute atomic E-state index is 9.11. The highest BCUT2D eigenvalue weighted by Crippen LogP contribution is 2.34. The first-order chi connectivity index (χ1) is 8.79. The number of anilines is 1. The molecule has 1 aliphatic rings. The smallest absolute Gasteiger partial charge is 0.129 e. The van der Waals surface area contributed by atoms with Gasteiger partial charge in [-0.25, -0.2) is 0 Å². The van der Waals surface area contributed by atoms with Gasteiger partial charge >= 0.3 is 0 Å². The molecule has 1 aliphatic carbocycles. The minimum atomic E-state index is 0.0583. The van der Waals surface area contributed by atoms with Gasteiger partial charge in [0.1, 0.15) is 11.0 Å². The van der Waals surface area contributed by atoms with E-state index < -0.39 is 0 Å². The van der Waals surface area contributed by atoms with Crippen molar-refractivity contribution in [3.05, 3.63) is 17.2 Å². The molecule has 2 unspecified atom stereocenters. The summed E-state index contributed by atoms with van der Waals surface area (Å²) >= 11 is 7.40. The number of halogens is 1. The first kappa shape index (κ1) is 11.7. The molecule has 2 atom stereocenters. The summed E-state index contributed by atoms with van der Waals surface area (Å²) in [5.41, 5.74) is 2.46. The SMILES string of the molecule is N#CC1CCCC1Nc1c(Cl)ccc2nsnc12. The van der Waals surface area contributed by atoms with Crippen LogP contribution in [-0.2, 0) is 0 Å². The lowest BCUT2D eigenvalue weighted by atomic mass is 10.1. The zero-order valence-corrected chi connectivity index (χ0v) is 11.1. The van der Waals surface area contributed by atoms with Crippen LogP contribution >= 0.6 is 23.3 Å². The van der Waals surface area contributed by atoms with Gasteiger partial charge in [0.15, 0.2) is 0 Å². The molecule has 1 aromatic heterocycles. The van der Waals surface area contributed by atoms with Gasteiger partial charge in [0.05, 0.1) is 34.4 Å². The number of fused-ring (bicyclic) bond motifs is 1. The van der Waals surface area contributed by atoms with Crippen molar-refractivity contribution in [2.24, 2.45) is 5.92 Å². The summed E-state index contributed by atoms with van der Waals surface area (Å²) in [4.78, 5) is 0. The Labute approximate surface area is 114 Å². The van der Waals surface area contributed by atoms with Crippen molar-refractivity contribution < 1.29 is 0 Å². The summed E-state index contributed by atoms with van der Waals surface area (Å²) < 4.78 is 8.47. The normalized spacial score (nSPS) is 23.1. The number of nitrogens with one attached hydrogen (secondary N) is 1. The Balaban J connectivity index is 1.97. The first-order valence-electron chi connectivity index (χ1n) is 5.86. The Kier molecular flexibility index (Phi) is 3.06. The molecule has 3 rings (SSSR count). The van der Waals surface area contributed by atoms with Crippen LogP contribution in [0.15, 0.2) is 12.1 Å². The number of benzene rings is 1. The Morgan fingerprint density at radius 2 is 2.28 bits per heavy atom.